The van der Waals surface area contributed by atoms with Gasteiger partial charge in [0.25, 0.3) is 0 Å². The van der Waals surface area contributed by atoms with E-state index in [-0.39, 0.29) is 17.7 Å². The van der Waals surface area contributed by atoms with Gasteiger partial charge in [0.15, 0.2) is 0 Å². The maximum Gasteiger partial charge on any atom is 0.303 e. The molecule has 0 spiro atoms. The van der Waals surface area contributed by atoms with E-state index >= 15 is 0 Å². The molecule has 0 unspecified atom stereocenters. The third-order valence-corrected chi connectivity index (χ3v) is 3.83. The van der Waals surface area contributed by atoms with Gasteiger partial charge in [-0.15, -0.1) is 0 Å². The van der Waals surface area contributed by atoms with Crippen LogP contribution in [0.4, 0.5) is 0 Å². The van der Waals surface area contributed by atoms with Crippen LogP contribution in [0.2, 0.25) is 0 Å². The van der Waals surface area contributed by atoms with Crippen LogP contribution in [-0.2, 0) is 9.59 Å². The van der Waals surface area contributed by atoms with E-state index in [4.69, 9.17) is 5.11 Å². The number of amides is 1. The van der Waals surface area contributed by atoms with Crippen LogP contribution in [0.25, 0.3) is 0 Å². The van der Waals surface area contributed by atoms with E-state index in [1.165, 1.54) is 6.42 Å². The minimum absolute atomic E-state index is 0.0200. The first kappa shape index (κ1) is 15.0. The van der Waals surface area contributed by atoms with Crippen LogP contribution in [0.1, 0.15) is 64.7 Å². The fourth-order valence-corrected chi connectivity index (χ4v) is 2.85. The molecule has 18 heavy (non-hydrogen) atoms. The molecule has 1 rings (SSSR count). The molecule has 0 atom stereocenters. The van der Waals surface area contributed by atoms with E-state index < -0.39 is 5.97 Å². The van der Waals surface area contributed by atoms with Gasteiger partial charge in [-0.3, -0.25) is 9.59 Å². The second-order valence-electron chi connectivity index (χ2n) is 5.51. The summed E-state index contributed by atoms with van der Waals surface area (Å²) in [6, 6.07) is 0. The summed E-state index contributed by atoms with van der Waals surface area (Å²) in [5, 5.41) is 11.9. The lowest BCUT2D eigenvalue weighted by atomic mass is 9.69. The Labute approximate surface area is 109 Å². The molecule has 0 saturated heterocycles. The molecular formula is C14H25NO3. The molecular weight excluding hydrogens is 230 g/mol. The first-order valence-corrected chi connectivity index (χ1v) is 7.06. The molecule has 1 fully saturated rings. The third kappa shape index (κ3) is 5.07. The Hall–Kier alpha value is -1.06. The Kier molecular flexibility index (Phi) is 6.16. The Bertz CT molecular complexity index is 283. The maximum absolute atomic E-state index is 11.9. The van der Waals surface area contributed by atoms with Crippen LogP contribution >= 0.6 is 0 Å². The Morgan fingerprint density at radius 3 is 2.39 bits per heavy atom. The molecule has 1 aliphatic rings. The first-order chi connectivity index (χ1) is 8.58. The second-order valence-corrected chi connectivity index (χ2v) is 5.51. The number of hydrogen-bond acceptors (Lipinski definition) is 2. The van der Waals surface area contributed by atoms with Crippen LogP contribution < -0.4 is 5.32 Å². The fraction of sp³-hybridized carbons (Fsp3) is 0.857. The largest absolute Gasteiger partial charge is 0.481 e. The van der Waals surface area contributed by atoms with Crippen LogP contribution in [0, 0.1) is 5.41 Å². The highest BCUT2D eigenvalue weighted by atomic mass is 16.4. The molecule has 1 amide bonds. The number of rotatable bonds is 7. The average Bonchev–Trinajstić information content (AvgIpc) is 2.29. The van der Waals surface area contributed by atoms with Crippen molar-refractivity contribution >= 4 is 11.9 Å². The van der Waals surface area contributed by atoms with Crippen molar-refractivity contribution in [2.45, 2.75) is 64.7 Å². The van der Waals surface area contributed by atoms with Gasteiger partial charge < -0.3 is 10.4 Å². The van der Waals surface area contributed by atoms with Crippen molar-refractivity contribution < 1.29 is 14.7 Å². The molecule has 0 heterocycles. The third-order valence-electron chi connectivity index (χ3n) is 3.83. The molecule has 2 N–H and O–H groups in total. The second kappa shape index (κ2) is 7.39. The van der Waals surface area contributed by atoms with Crippen molar-refractivity contribution in [1.82, 2.24) is 5.32 Å². The van der Waals surface area contributed by atoms with Gasteiger partial charge in [-0.1, -0.05) is 32.6 Å². The van der Waals surface area contributed by atoms with Crippen molar-refractivity contribution in [1.29, 1.82) is 0 Å². The molecule has 0 bridgehead atoms. The summed E-state index contributed by atoms with van der Waals surface area (Å²) < 4.78 is 0. The lowest BCUT2D eigenvalue weighted by Gasteiger charge is -2.35. The number of unbranched alkanes of at least 4 members (excludes halogenated alkanes) is 1. The van der Waals surface area contributed by atoms with Crippen LogP contribution in [0.3, 0.4) is 0 Å². The molecule has 4 nitrogen and oxygen atoms in total. The number of carbonyl (C=O) groups excluding carboxylic acids is 1. The Morgan fingerprint density at radius 1 is 1.17 bits per heavy atom. The fourth-order valence-electron chi connectivity index (χ4n) is 2.85. The summed E-state index contributed by atoms with van der Waals surface area (Å²) in [5.41, 5.74) is -0.291. The number of carbonyl (C=O) groups is 2. The maximum atomic E-state index is 11.9. The van der Waals surface area contributed by atoms with E-state index in [1.54, 1.807) is 0 Å². The van der Waals surface area contributed by atoms with Crippen molar-refractivity contribution in [2.75, 3.05) is 6.54 Å². The lowest BCUT2D eigenvalue weighted by molar-refractivity contribution is -0.141. The molecule has 0 aromatic carbocycles. The highest BCUT2D eigenvalue weighted by molar-refractivity contribution is 5.78. The van der Waals surface area contributed by atoms with Gasteiger partial charge in [0.1, 0.15) is 0 Å². The highest BCUT2D eigenvalue weighted by Gasteiger charge is 2.36. The molecule has 1 aliphatic carbocycles. The van der Waals surface area contributed by atoms with Crippen LogP contribution in [0.5, 0.6) is 0 Å². The minimum Gasteiger partial charge on any atom is -0.481 e. The van der Waals surface area contributed by atoms with Crippen molar-refractivity contribution in [3.8, 4) is 0 Å². The molecule has 0 aliphatic heterocycles. The minimum atomic E-state index is -0.779. The summed E-state index contributed by atoms with van der Waals surface area (Å²) in [7, 11) is 0. The standard InChI is InChI=1S/C14H25NO3/c1-2-3-9-15-12(16)10-14(11-13(17)18)7-5-4-6-8-14/h2-11H2,1H3,(H,15,16)(H,17,18). The van der Waals surface area contributed by atoms with Gasteiger partial charge in [0.05, 0.1) is 6.42 Å². The summed E-state index contributed by atoms with van der Waals surface area (Å²) in [6.07, 6.45) is 7.57. The zero-order valence-corrected chi connectivity index (χ0v) is 11.3. The highest BCUT2D eigenvalue weighted by Crippen LogP contribution is 2.42. The number of aliphatic carboxylic acids is 1. The predicted octanol–water partition coefficient (Wildman–Crippen LogP) is 2.72. The van der Waals surface area contributed by atoms with E-state index in [2.05, 4.69) is 12.2 Å². The number of carboxylic acids is 1. The van der Waals surface area contributed by atoms with Gasteiger partial charge in [0, 0.05) is 13.0 Å². The molecule has 0 radical (unpaired) electrons. The zero-order valence-electron chi connectivity index (χ0n) is 11.3. The molecule has 0 aromatic heterocycles. The van der Waals surface area contributed by atoms with Crippen LogP contribution in [0.15, 0.2) is 0 Å². The van der Waals surface area contributed by atoms with Gasteiger partial charge in [-0.2, -0.15) is 0 Å². The topological polar surface area (TPSA) is 66.4 Å². The lowest BCUT2D eigenvalue weighted by Crippen LogP contribution is -2.35. The molecule has 4 heteroatoms. The van der Waals surface area contributed by atoms with E-state index in [0.717, 1.165) is 38.5 Å². The zero-order chi connectivity index (χ0) is 13.4. The molecule has 0 aromatic rings. The Morgan fingerprint density at radius 2 is 1.83 bits per heavy atom. The average molecular weight is 255 g/mol. The van der Waals surface area contributed by atoms with Gasteiger partial charge in [-0.05, 0) is 24.7 Å². The summed E-state index contributed by atoms with van der Waals surface area (Å²) >= 11 is 0. The molecule has 104 valence electrons. The van der Waals surface area contributed by atoms with Gasteiger partial charge >= 0.3 is 5.97 Å². The van der Waals surface area contributed by atoms with E-state index in [0.29, 0.717) is 13.0 Å². The monoisotopic (exact) mass is 255 g/mol. The summed E-state index contributed by atoms with van der Waals surface area (Å²) in [6.45, 7) is 2.79. The number of hydrogen-bond donors (Lipinski definition) is 2. The number of carboxylic acid groups (broad SMARTS) is 1. The number of nitrogens with one attached hydrogen (secondary N) is 1. The molecule has 1 saturated carbocycles. The van der Waals surface area contributed by atoms with Crippen molar-refractivity contribution in [2.24, 2.45) is 5.41 Å². The summed E-state index contributed by atoms with van der Waals surface area (Å²) in [4.78, 5) is 22.9. The normalized spacial score (nSPS) is 18.3. The van der Waals surface area contributed by atoms with Crippen molar-refractivity contribution in [3.63, 3.8) is 0 Å². The quantitative estimate of drug-likeness (QED) is 0.687. The van der Waals surface area contributed by atoms with E-state index in [1.807, 2.05) is 0 Å². The van der Waals surface area contributed by atoms with Gasteiger partial charge in [0.2, 0.25) is 5.91 Å². The SMILES string of the molecule is CCCCNC(=O)CC1(CC(=O)O)CCCCC1. The van der Waals surface area contributed by atoms with Crippen LogP contribution in [-0.4, -0.2) is 23.5 Å². The smallest absolute Gasteiger partial charge is 0.303 e. The van der Waals surface area contributed by atoms with E-state index in [9.17, 15) is 9.59 Å². The predicted molar refractivity (Wildman–Crippen MR) is 70.3 cm³/mol. The van der Waals surface area contributed by atoms with Gasteiger partial charge in [-0.25, -0.2) is 0 Å². The Balaban J connectivity index is 2.49. The first-order valence-electron chi connectivity index (χ1n) is 7.06. The summed E-state index contributed by atoms with van der Waals surface area (Å²) in [5.74, 6) is -0.759. The van der Waals surface area contributed by atoms with Crippen molar-refractivity contribution in [3.05, 3.63) is 0 Å².